The molecule has 1 saturated heterocycles. The third kappa shape index (κ3) is 4.70. The second-order valence-corrected chi connectivity index (χ2v) is 8.38. The normalized spacial score (nSPS) is 14.9. The van der Waals surface area contributed by atoms with E-state index in [0.717, 1.165) is 51.0 Å². The van der Waals surface area contributed by atoms with Crippen LogP contribution in [-0.2, 0) is 0 Å². The molecule has 2 heterocycles. The molecule has 1 aliphatic heterocycles. The first-order valence-corrected chi connectivity index (χ1v) is 11.5. The van der Waals surface area contributed by atoms with Gasteiger partial charge in [-0.2, -0.15) is 5.26 Å². The van der Waals surface area contributed by atoms with Gasteiger partial charge in [0, 0.05) is 48.9 Å². The number of fused-ring (bicyclic) bond motifs is 2. The molecule has 2 aliphatic rings. The van der Waals surface area contributed by atoms with Crippen LogP contribution in [0.3, 0.4) is 0 Å². The Kier molecular flexibility index (Phi) is 6.24. The van der Waals surface area contributed by atoms with E-state index in [1.165, 1.54) is 16.8 Å². The molecule has 0 radical (unpaired) electrons. The molecule has 164 valence electrons. The van der Waals surface area contributed by atoms with Gasteiger partial charge in [-0.15, -0.1) is 0 Å². The predicted molar refractivity (Wildman–Crippen MR) is 132 cm³/mol. The summed E-state index contributed by atoms with van der Waals surface area (Å²) in [5, 5.41) is 10.2. The highest BCUT2D eigenvalue weighted by Gasteiger charge is 2.19. The summed E-state index contributed by atoms with van der Waals surface area (Å²) in [6, 6.07) is 18.1. The second-order valence-electron chi connectivity index (χ2n) is 8.38. The summed E-state index contributed by atoms with van der Waals surface area (Å²) < 4.78 is 5.87. The number of benzene rings is 2. The molecule has 5 nitrogen and oxygen atoms in total. The lowest BCUT2D eigenvalue weighted by Gasteiger charge is -2.37. The molecule has 0 saturated carbocycles. The van der Waals surface area contributed by atoms with Crippen molar-refractivity contribution in [2.75, 3.05) is 44.2 Å². The molecule has 0 spiro atoms. The van der Waals surface area contributed by atoms with Crippen molar-refractivity contribution < 1.29 is 4.74 Å². The molecule has 2 aromatic carbocycles. The minimum atomic E-state index is 0.581. The largest absolute Gasteiger partial charge is 0.478 e. The zero-order valence-corrected chi connectivity index (χ0v) is 18.6. The minimum Gasteiger partial charge on any atom is -0.478 e. The lowest BCUT2D eigenvalue weighted by atomic mass is 10.0. The Balaban J connectivity index is 1.07. The third-order valence-corrected chi connectivity index (χ3v) is 6.29. The van der Waals surface area contributed by atoms with Gasteiger partial charge >= 0.3 is 0 Å². The number of rotatable bonds is 7. The van der Waals surface area contributed by atoms with Gasteiger partial charge < -0.3 is 9.64 Å². The van der Waals surface area contributed by atoms with Gasteiger partial charge in [0.15, 0.2) is 0 Å². The van der Waals surface area contributed by atoms with Crippen LogP contribution >= 0.6 is 0 Å². The Morgan fingerprint density at radius 2 is 1.79 bits per heavy atom. The van der Waals surface area contributed by atoms with E-state index < -0.39 is 0 Å². The summed E-state index contributed by atoms with van der Waals surface area (Å²) in [5.41, 5.74) is 11.2. The summed E-state index contributed by atoms with van der Waals surface area (Å²) in [7, 11) is 0. The van der Waals surface area contributed by atoms with Crippen molar-refractivity contribution in [3.8, 4) is 11.9 Å². The summed E-state index contributed by atoms with van der Waals surface area (Å²) >= 11 is 0. The van der Waals surface area contributed by atoms with E-state index in [1.807, 2.05) is 36.4 Å². The van der Waals surface area contributed by atoms with Gasteiger partial charge in [0.1, 0.15) is 6.07 Å². The van der Waals surface area contributed by atoms with Crippen LogP contribution in [-0.4, -0.2) is 49.2 Å². The number of hydrogen-bond donors (Lipinski definition) is 0. The van der Waals surface area contributed by atoms with Crippen LogP contribution in [0, 0.1) is 11.3 Å². The van der Waals surface area contributed by atoms with E-state index in [9.17, 15) is 5.26 Å². The summed E-state index contributed by atoms with van der Waals surface area (Å²) in [6.07, 6.45) is 6.13. The number of ether oxygens (including phenoxy) is 1. The van der Waals surface area contributed by atoms with E-state index in [4.69, 9.17) is 4.74 Å². The van der Waals surface area contributed by atoms with Crippen molar-refractivity contribution in [1.82, 2.24) is 9.88 Å². The van der Waals surface area contributed by atoms with Gasteiger partial charge in [-0.05, 0) is 55.3 Å². The van der Waals surface area contributed by atoms with Crippen LogP contribution in [0.25, 0.3) is 23.1 Å². The molecule has 1 aliphatic carbocycles. The number of nitriles is 1. The minimum absolute atomic E-state index is 0.581. The SMILES string of the molecule is N#Cc1cccc2ccc(OCCCCN3CCN(c4cccc5c4C=C=C=C5)CC3)nc12. The molecule has 3 aromatic rings. The van der Waals surface area contributed by atoms with E-state index in [0.29, 0.717) is 23.6 Å². The topological polar surface area (TPSA) is 52.4 Å². The molecule has 0 unspecified atom stereocenters. The summed E-state index contributed by atoms with van der Waals surface area (Å²) in [5.74, 6) is 0.587. The van der Waals surface area contributed by atoms with Crippen molar-refractivity contribution in [3.05, 3.63) is 76.7 Å². The van der Waals surface area contributed by atoms with Crippen LogP contribution in [0.1, 0.15) is 29.5 Å². The molecule has 1 aromatic heterocycles. The van der Waals surface area contributed by atoms with E-state index >= 15 is 0 Å². The van der Waals surface area contributed by atoms with Crippen molar-refractivity contribution in [1.29, 1.82) is 5.26 Å². The number of piperazine rings is 1. The van der Waals surface area contributed by atoms with E-state index in [2.05, 4.69) is 50.5 Å². The maximum Gasteiger partial charge on any atom is 0.213 e. The van der Waals surface area contributed by atoms with Crippen molar-refractivity contribution in [2.24, 2.45) is 0 Å². The van der Waals surface area contributed by atoms with Gasteiger partial charge in [-0.1, -0.05) is 35.7 Å². The van der Waals surface area contributed by atoms with Crippen LogP contribution in [0.5, 0.6) is 5.88 Å². The maximum atomic E-state index is 9.28. The van der Waals surface area contributed by atoms with Crippen LogP contribution in [0.15, 0.2) is 60.0 Å². The quantitative estimate of drug-likeness (QED) is 0.306. The molecular weight excluding hydrogens is 408 g/mol. The molecule has 33 heavy (non-hydrogen) atoms. The lowest BCUT2D eigenvalue weighted by molar-refractivity contribution is 0.237. The smallest absolute Gasteiger partial charge is 0.213 e. The standard InChI is InChI=1S/C28H26N4O/c29-21-24-10-5-9-23-13-14-27(30-28(23)24)33-20-4-3-15-31-16-18-32(19-17-31)26-12-6-8-22-7-1-2-11-25(22)26/h5-14H,3-4,15-20H2. The van der Waals surface area contributed by atoms with E-state index in [1.54, 1.807) is 6.07 Å². The number of hydrogen-bond acceptors (Lipinski definition) is 5. The highest BCUT2D eigenvalue weighted by Crippen LogP contribution is 2.28. The van der Waals surface area contributed by atoms with Crippen LogP contribution in [0.2, 0.25) is 0 Å². The molecule has 0 atom stereocenters. The Labute approximate surface area is 194 Å². The second kappa shape index (κ2) is 9.77. The van der Waals surface area contributed by atoms with Gasteiger partial charge in [0.2, 0.25) is 5.88 Å². The monoisotopic (exact) mass is 434 g/mol. The number of para-hydroxylation sites is 1. The summed E-state index contributed by atoms with van der Waals surface area (Å²) in [4.78, 5) is 9.55. The van der Waals surface area contributed by atoms with E-state index in [-0.39, 0.29) is 0 Å². The van der Waals surface area contributed by atoms with Crippen molar-refractivity contribution in [3.63, 3.8) is 0 Å². The highest BCUT2D eigenvalue weighted by atomic mass is 16.5. The number of aromatic nitrogens is 1. The number of pyridine rings is 1. The van der Waals surface area contributed by atoms with Gasteiger partial charge in [0.25, 0.3) is 0 Å². The number of unbranched alkanes of at least 4 members (excludes halogenated alkanes) is 1. The fraction of sp³-hybridized carbons (Fsp3) is 0.286. The van der Waals surface area contributed by atoms with Crippen molar-refractivity contribution >= 4 is 28.7 Å². The average molecular weight is 435 g/mol. The molecular formula is C28H26N4O. The van der Waals surface area contributed by atoms with Crippen LogP contribution < -0.4 is 9.64 Å². The summed E-state index contributed by atoms with van der Waals surface area (Å²) in [6.45, 7) is 5.94. The Hall–Kier alpha value is -3.80. The zero-order valence-electron chi connectivity index (χ0n) is 18.6. The fourth-order valence-corrected chi connectivity index (χ4v) is 4.49. The van der Waals surface area contributed by atoms with Crippen molar-refractivity contribution in [2.45, 2.75) is 12.8 Å². The zero-order chi connectivity index (χ0) is 22.5. The molecule has 5 heteroatoms. The first-order valence-electron chi connectivity index (χ1n) is 11.5. The maximum absolute atomic E-state index is 9.28. The molecule has 5 rings (SSSR count). The molecule has 0 bridgehead atoms. The third-order valence-electron chi connectivity index (χ3n) is 6.29. The Morgan fingerprint density at radius 1 is 0.939 bits per heavy atom. The molecule has 0 N–H and O–H groups in total. The average Bonchev–Trinajstić information content (AvgIpc) is 2.88. The Morgan fingerprint density at radius 3 is 2.67 bits per heavy atom. The van der Waals surface area contributed by atoms with Crippen LogP contribution in [0.4, 0.5) is 5.69 Å². The molecule has 0 amide bonds. The number of nitrogens with zero attached hydrogens (tertiary/aromatic N) is 4. The van der Waals surface area contributed by atoms with Gasteiger partial charge in [-0.25, -0.2) is 4.98 Å². The fourth-order valence-electron chi connectivity index (χ4n) is 4.49. The van der Waals surface area contributed by atoms with Gasteiger partial charge in [0.05, 0.1) is 17.7 Å². The lowest BCUT2D eigenvalue weighted by Crippen LogP contribution is -2.46. The number of anilines is 1. The predicted octanol–water partition coefficient (Wildman–Crippen LogP) is 4.88. The first-order chi connectivity index (χ1) is 16.3. The molecule has 1 fully saturated rings. The van der Waals surface area contributed by atoms with Gasteiger partial charge in [-0.3, -0.25) is 4.90 Å². The highest BCUT2D eigenvalue weighted by molar-refractivity contribution is 5.84. The first kappa shape index (κ1) is 21.1. The Bertz CT molecular complexity index is 1300.